The molecule has 9 heteroatoms. The molecule has 1 spiro atoms. The summed E-state index contributed by atoms with van der Waals surface area (Å²) >= 11 is 0. The molecule has 5 rings (SSSR count). The van der Waals surface area contributed by atoms with Gasteiger partial charge >= 0.3 is 0 Å². The molecule has 0 bridgehead atoms. The Kier molecular flexibility index (Phi) is 5.27. The minimum Gasteiger partial charge on any atom is -0.390 e. The molecule has 32 heavy (non-hydrogen) atoms. The first-order chi connectivity index (χ1) is 15.4. The molecule has 3 aromatic rings. The van der Waals surface area contributed by atoms with Crippen LogP contribution in [0, 0.1) is 28.9 Å². The number of hydrogen-bond donors (Lipinski definition) is 2. The fourth-order valence-corrected chi connectivity index (χ4v) is 4.66. The lowest BCUT2D eigenvalue weighted by Gasteiger charge is -2.39. The van der Waals surface area contributed by atoms with Crippen molar-refractivity contribution in [3.63, 3.8) is 0 Å². The molecule has 4 heterocycles. The molecule has 2 aromatic heterocycles. The van der Waals surface area contributed by atoms with E-state index >= 15 is 0 Å². The van der Waals surface area contributed by atoms with Gasteiger partial charge in [-0.15, -0.1) is 0 Å². The van der Waals surface area contributed by atoms with Crippen molar-refractivity contribution in [2.45, 2.75) is 38.9 Å². The van der Waals surface area contributed by atoms with Gasteiger partial charge in [0, 0.05) is 24.7 Å². The van der Waals surface area contributed by atoms with Gasteiger partial charge in [0.05, 0.1) is 19.3 Å². The van der Waals surface area contributed by atoms with Crippen molar-refractivity contribution in [3.8, 4) is 11.8 Å². The number of halogens is 2. The second kappa shape index (κ2) is 8.11. The van der Waals surface area contributed by atoms with E-state index in [1.54, 1.807) is 0 Å². The maximum Gasteiger partial charge on any atom is 0.177 e. The summed E-state index contributed by atoms with van der Waals surface area (Å²) in [7, 11) is 0. The molecular weight excluding hydrogens is 416 g/mol. The van der Waals surface area contributed by atoms with Crippen LogP contribution in [0.25, 0.3) is 11.2 Å². The third-order valence-corrected chi connectivity index (χ3v) is 6.30. The van der Waals surface area contributed by atoms with E-state index in [-0.39, 0.29) is 17.6 Å². The van der Waals surface area contributed by atoms with Crippen LogP contribution in [-0.2, 0) is 11.3 Å². The predicted molar refractivity (Wildman–Crippen MR) is 114 cm³/mol. The number of fused-ring (bicyclic) bond motifs is 1. The Morgan fingerprint density at radius 2 is 1.94 bits per heavy atom. The van der Waals surface area contributed by atoms with Crippen LogP contribution in [0.15, 0.2) is 18.2 Å². The molecule has 2 fully saturated rings. The second-order valence-corrected chi connectivity index (χ2v) is 8.64. The Morgan fingerprint density at radius 3 is 2.59 bits per heavy atom. The first-order valence-corrected chi connectivity index (χ1v) is 10.7. The lowest BCUT2D eigenvalue weighted by atomic mass is 9.77. The molecule has 166 valence electrons. The number of H-pyrrole nitrogens is 1. The number of aromatic nitrogens is 4. The zero-order valence-electron chi connectivity index (χ0n) is 17.7. The van der Waals surface area contributed by atoms with Crippen LogP contribution >= 0.6 is 0 Å². The highest BCUT2D eigenvalue weighted by atomic mass is 19.1. The first kappa shape index (κ1) is 20.8. The van der Waals surface area contributed by atoms with E-state index in [1.165, 1.54) is 0 Å². The number of piperidine rings is 1. The molecule has 2 aliphatic heterocycles. The summed E-state index contributed by atoms with van der Waals surface area (Å²) in [6.45, 7) is 4.28. The maximum atomic E-state index is 13.4. The Labute approximate surface area is 183 Å². The molecule has 7 nitrogen and oxygen atoms in total. The number of benzene rings is 1. The number of nitrogens with one attached hydrogen (secondary N) is 1. The highest BCUT2D eigenvalue weighted by Gasteiger charge is 2.41. The van der Waals surface area contributed by atoms with Crippen molar-refractivity contribution in [2.24, 2.45) is 5.41 Å². The molecule has 2 saturated heterocycles. The minimum atomic E-state index is -0.699. The highest BCUT2D eigenvalue weighted by Crippen LogP contribution is 2.42. The van der Waals surface area contributed by atoms with Crippen molar-refractivity contribution >= 4 is 17.0 Å². The molecule has 2 N–H and O–H groups in total. The number of aliphatic hydroxyl groups excluding tert-OH is 1. The summed E-state index contributed by atoms with van der Waals surface area (Å²) in [4.78, 5) is 11.4. The quantitative estimate of drug-likeness (QED) is 0.597. The van der Waals surface area contributed by atoms with Crippen LogP contribution in [0.3, 0.4) is 0 Å². The Bertz CT molecular complexity index is 1200. The Hall–Kier alpha value is -3.09. The van der Waals surface area contributed by atoms with Gasteiger partial charge in [0.1, 0.15) is 22.8 Å². The van der Waals surface area contributed by atoms with Gasteiger partial charge in [0.2, 0.25) is 0 Å². The van der Waals surface area contributed by atoms with Crippen molar-refractivity contribution in [1.82, 2.24) is 20.2 Å². The molecule has 0 amide bonds. The summed E-state index contributed by atoms with van der Waals surface area (Å²) in [5.41, 5.74) is 2.04. The van der Waals surface area contributed by atoms with Gasteiger partial charge in [-0.25, -0.2) is 18.7 Å². The van der Waals surface area contributed by atoms with Crippen LogP contribution in [-0.4, -0.2) is 51.1 Å². The first-order valence-electron chi connectivity index (χ1n) is 10.7. The van der Waals surface area contributed by atoms with Crippen LogP contribution in [0.5, 0.6) is 0 Å². The number of nitrogens with zero attached hydrogens (tertiary/aromatic N) is 4. The lowest BCUT2D eigenvalue weighted by Crippen LogP contribution is -2.41. The van der Waals surface area contributed by atoms with Crippen LogP contribution in [0.1, 0.15) is 43.1 Å². The van der Waals surface area contributed by atoms with Crippen LogP contribution in [0.2, 0.25) is 0 Å². The van der Waals surface area contributed by atoms with Gasteiger partial charge in [-0.3, -0.25) is 5.10 Å². The van der Waals surface area contributed by atoms with E-state index in [4.69, 9.17) is 4.74 Å². The number of ether oxygens (including phenoxy) is 1. The Balaban J connectivity index is 1.42. The number of aromatic amines is 1. The summed E-state index contributed by atoms with van der Waals surface area (Å²) < 4.78 is 32.6. The number of rotatable bonds is 2. The SMILES string of the molecule is C[C@H]1CC2(CCN(c3nc4[nH]nc(C#Cc5cc(F)cc(F)c5)c4nc3CO)CC2)CO1. The largest absolute Gasteiger partial charge is 0.390 e. The van der Waals surface area contributed by atoms with Gasteiger partial charge < -0.3 is 14.7 Å². The van der Waals surface area contributed by atoms with Crippen molar-refractivity contribution in [3.05, 3.63) is 46.8 Å². The van der Waals surface area contributed by atoms with Gasteiger partial charge in [-0.1, -0.05) is 5.92 Å². The van der Waals surface area contributed by atoms with E-state index in [0.717, 1.165) is 57.2 Å². The summed E-state index contributed by atoms with van der Waals surface area (Å²) in [6.07, 6.45) is 3.40. The molecule has 0 saturated carbocycles. The van der Waals surface area contributed by atoms with Gasteiger partial charge in [-0.2, -0.15) is 5.10 Å². The zero-order chi connectivity index (χ0) is 22.3. The topological polar surface area (TPSA) is 87.2 Å². The number of anilines is 1. The zero-order valence-corrected chi connectivity index (χ0v) is 17.7. The van der Waals surface area contributed by atoms with E-state index in [2.05, 4.69) is 43.8 Å². The van der Waals surface area contributed by atoms with Crippen LogP contribution in [0.4, 0.5) is 14.6 Å². The van der Waals surface area contributed by atoms with Gasteiger partial charge in [0.15, 0.2) is 17.2 Å². The lowest BCUT2D eigenvalue weighted by molar-refractivity contribution is 0.0975. The maximum absolute atomic E-state index is 13.4. The molecule has 0 aliphatic carbocycles. The standard InChI is InChI=1S/C23H23F2N5O2/c1-14-11-23(13-32-14)4-6-30(7-5-23)22-19(12-31)26-20-18(28-29-21(20)27-22)3-2-15-8-16(24)10-17(25)9-15/h8-10,14,31H,4-7,11-13H2,1H3,(H,27,28,29)/t14-/m0/s1. The van der Waals surface area contributed by atoms with Crippen molar-refractivity contribution in [2.75, 3.05) is 24.6 Å². The molecule has 2 aliphatic rings. The van der Waals surface area contributed by atoms with E-state index < -0.39 is 11.6 Å². The smallest absolute Gasteiger partial charge is 0.177 e. The fraction of sp³-hybridized carbons (Fsp3) is 0.435. The number of hydrogen-bond acceptors (Lipinski definition) is 6. The average Bonchev–Trinajstić information content (AvgIpc) is 3.34. The normalized spacial score (nSPS) is 20.0. The highest BCUT2D eigenvalue weighted by molar-refractivity contribution is 5.78. The summed E-state index contributed by atoms with van der Waals surface area (Å²) in [5.74, 6) is 4.73. The van der Waals surface area contributed by atoms with Gasteiger partial charge in [0.25, 0.3) is 0 Å². The average molecular weight is 439 g/mol. The second-order valence-electron chi connectivity index (χ2n) is 8.64. The van der Waals surface area contributed by atoms with Crippen molar-refractivity contribution < 1.29 is 18.6 Å². The summed E-state index contributed by atoms with van der Waals surface area (Å²) in [5, 5.41) is 16.9. The van der Waals surface area contributed by atoms with E-state index in [9.17, 15) is 13.9 Å². The fourth-order valence-electron chi connectivity index (χ4n) is 4.66. The van der Waals surface area contributed by atoms with Gasteiger partial charge in [-0.05, 0) is 49.7 Å². The van der Waals surface area contributed by atoms with Crippen molar-refractivity contribution in [1.29, 1.82) is 0 Å². The predicted octanol–water partition coefficient (Wildman–Crippen LogP) is 2.92. The molecular formula is C23H23F2N5O2. The monoisotopic (exact) mass is 439 g/mol. The molecule has 1 aromatic carbocycles. The molecule has 1 atom stereocenters. The molecule has 0 unspecified atom stereocenters. The number of aliphatic hydroxyl groups is 1. The minimum absolute atomic E-state index is 0.193. The third kappa shape index (κ3) is 3.92. The summed E-state index contributed by atoms with van der Waals surface area (Å²) in [6, 6.07) is 3.08. The van der Waals surface area contributed by atoms with E-state index in [0.29, 0.717) is 34.5 Å². The molecule has 0 radical (unpaired) electrons. The van der Waals surface area contributed by atoms with Crippen LogP contribution < -0.4 is 4.90 Å². The van der Waals surface area contributed by atoms with E-state index in [1.807, 2.05) is 0 Å². The third-order valence-electron chi connectivity index (χ3n) is 6.30. The Morgan fingerprint density at radius 1 is 1.19 bits per heavy atom.